The second-order valence-electron chi connectivity index (χ2n) is 5.70. The summed E-state index contributed by atoms with van der Waals surface area (Å²) >= 11 is 3.42. The molecule has 1 aromatic carbocycles. The fraction of sp³-hybridized carbons (Fsp3) is 0.533. The van der Waals surface area contributed by atoms with E-state index >= 15 is 0 Å². The van der Waals surface area contributed by atoms with Crippen molar-refractivity contribution in [1.82, 2.24) is 4.90 Å². The highest BCUT2D eigenvalue weighted by molar-refractivity contribution is 9.10. The van der Waals surface area contributed by atoms with Crippen LogP contribution in [0.5, 0.6) is 5.75 Å². The SMILES string of the molecule is COc1ccc(C(=O)N2CC(C)OCC2(C)C)cc1Br. The van der Waals surface area contributed by atoms with Crippen LogP contribution in [0.1, 0.15) is 31.1 Å². The van der Waals surface area contributed by atoms with Gasteiger partial charge >= 0.3 is 0 Å². The van der Waals surface area contributed by atoms with Gasteiger partial charge in [0.15, 0.2) is 0 Å². The lowest BCUT2D eigenvalue weighted by atomic mass is 9.99. The third-order valence-electron chi connectivity index (χ3n) is 3.54. The summed E-state index contributed by atoms with van der Waals surface area (Å²) in [5.41, 5.74) is 0.357. The molecule has 1 heterocycles. The summed E-state index contributed by atoms with van der Waals surface area (Å²) in [4.78, 5) is 14.6. The average molecular weight is 342 g/mol. The lowest BCUT2D eigenvalue weighted by Gasteiger charge is -2.44. The van der Waals surface area contributed by atoms with Crippen LogP contribution >= 0.6 is 15.9 Å². The molecule has 110 valence electrons. The quantitative estimate of drug-likeness (QED) is 0.829. The van der Waals surface area contributed by atoms with E-state index in [1.54, 1.807) is 25.3 Å². The normalized spacial score (nSPS) is 21.6. The zero-order valence-corrected chi connectivity index (χ0v) is 13.9. The molecule has 1 amide bonds. The van der Waals surface area contributed by atoms with Crippen LogP contribution in [-0.4, -0.2) is 42.7 Å². The Morgan fingerprint density at radius 1 is 1.50 bits per heavy atom. The van der Waals surface area contributed by atoms with E-state index in [-0.39, 0.29) is 17.6 Å². The van der Waals surface area contributed by atoms with E-state index in [2.05, 4.69) is 15.9 Å². The molecule has 1 unspecified atom stereocenters. The van der Waals surface area contributed by atoms with E-state index in [0.29, 0.717) is 18.7 Å². The van der Waals surface area contributed by atoms with Gasteiger partial charge in [0.2, 0.25) is 0 Å². The number of benzene rings is 1. The van der Waals surface area contributed by atoms with Gasteiger partial charge in [-0.15, -0.1) is 0 Å². The highest BCUT2D eigenvalue weighted by atomic mass is 79.9. The van der Waals surface area contributed by atoms with Gasteiger partial charge in [-0.2, -0.15) is 0 Å². The molecule has 0 aliphatic carbocycles. The Balaban J connectivity index is 2.27. The van der Waals surface area contributed by atoms with Crippen LogP contribution in [0.2, 0.25) is 0 Å². The molecule has 1 aliphatic rings. The number of hydrogen-bond acceptors (Lipinski definition) is 3. The number of nitrogens with zero attached hydrogens (tertiary/aromatic N) is 1. The van der Waals surface area contributed by atoms with E-state index in [0.717, 1.165) is 10.2 Å². The molecule has 1 aliphatic heterocycles. The minimum absolute atomic E-state index is 0.0218. The van der Waals surface area contributed by atoms with Crippen molar-refractivity contribution in [3.63, 3.8) is 0 Å². The molecule has 4 nitrogen and oxygen atoms in total. The first kappa shape index (κ1) is 15.3. The van der Waals surface area contributed by atoms with E-state index in [4.69, 9.17) is 9.47 Å². The topological polar surface area (TPSA) is 38.8 Å². The van der Waals surface area contributed by atoms with E-state index in [1.165, 1.54) is 0 Å². The summed E-state index contributed by atoms with van der Waals surface area (Å²) in [6.07, 6.45) is 0.0636. The third kappa shape index (κ3) is 2.99. The summed E-state index contributed by atoms with van der Waals surface area (Å²) in [6, 6.07) is 5.40. The molecule has 0 aromatic heterocycles. The number of rotatable bonds is 2. The maximum absolute atomic E-state index is 12.7. The van der Waals surface area contributed by atoms with Crippen molar-refractivity contribution in [1.29, 1.82) is 0 Å². The van der Waals surface area contributed by atoms with Crippen molar-refractivity contribution in [2.24, 2.45) is 0 Å². The maximum atomic E-state index is 12.7. The summed E-state index contributed by atoms with van der Waals surface area (Å²) in [5.74, 6) is 0.740. The number of carbonyl (C=O) groups is 1. The minimum Gasteiger partial charge on any atom is -0.496 e. The second-order valence-corrected chi connectivity index (χ2v) is 6.55. The van der Waals surface area contributed by atoms with E-state index in [1.807, 2.05) is 25.7 Å². The summed E-state index contributed by atoms with van der Waals surface area (Å²) in [5, 5.41) is 0. The van der Waals surface area contributed by atoms with Gasteiger partial charge in [0.1, 0.15) is 5.75 Å². The van der Waals surface area contributed by atoms with Gasteiger partial charge in [-0.3, -0.25) is 4.79 Å². The van der Waals surface area contributed by atoms with Crippen molar-refractivity contribution in [2.45, 2.75) is 32.4 Å². The first-order valence-corrected chi connectivity index (χ1v) is 7.41. The molecule has 0 N–H and O–H groups in total. The van der Waals surface area contributed by atoms with Gasteiger partial charge in [-0.05, 0) is 54.9 Å². The van der Waals surface area contributed by atoms with Gasteiger partial charge in [-0.25, -0.2) is 0 Å². The molecule has 2 rings (SSSR count). The first-order valence-electron chi connectivity index (χ1n) is 6.62. The summed E-state index contributed by atoms with van der Waals surface area (Å²) in [6.45, 7) is 7.19. The lowest BCUT2D eigenvalue weighted by molar-refractivity contribution is -0.0755. The predicted molar refractivity (Wildman–Crippen MR) is 81.2 cm³/mol. The van der Waals surface area contributed by atoms with E-state index in [9.17, 15) is 4.79 Å². The van der Waals surface area contributed by atoms with Gasteiger partial charge in [-0.1, -0.05) is 0 Å². The predicted octanol–water partition coefficient (Wildman–Crippen LogP) is 3.10. The largest absolute Gasteiger partial charge is 0.496 e. The Morgan fingerprint density at radius 2 is 2.20 bits per heavy atom. The van der Waals surface area contributed by atoms with Crippen molar-refractivity contribution >= 4 is 21.8 Å². The van der Waals surface area contributed by atoms with Crippen LogP contribution in [0.3, 0.4) is 0 Å². The zero-order chi connectivity index (χ0) is 14.9. The molecule has 1 atom stereocenters. The molecule has 0 bridgehead atoms. The third-order valence-corrected chi connectivity index (χ3v) is 4.16. The van der Waals surface area contributed by atoms with E-state index < -0.39 is 0 Å². The van der Waals surface area contributed by atoms with Gasteiger partial charge in [0.25, 0.3) is 5.91 Å². The number of amides is 1. The van der Waals surface area contributed by atoms with Crippen LogP contribution in [0.15, 0.2) is 22.7 Å². The van der Waals surface area contributed by atoms with Gasteiger partial charge < -0.3 is 14.4 Å². The minimum atomic E-state index is -0.296. The molecule has 1 fully saturated rings. The van der Waals surface area contributed by atoms with Crippen LogP contribution in [0.4, 0.5) is 0 Å². The molecule has 20 heavy (non-hydrogen) atoms. The molecule has 1 aromatic rings. The molecular formula is C15H20BrNO3. The Morgan fingerprint density at radius 3 is 2.80 bits per heavy atom. The fourth-order valence-electron chi connectivity index (χ4n) is 2.29. The smallest absolute Gasteiger partial charge is 0.254 e. The Bertz CT molecular complexity index is 516. The van der Waals surface area contributed by atoms with Crippen molar-refractivity contribution in [2.75, 3.05) is 20.3 Å². The van der Waals surface area contributed by atoms with Crippen molar-refractivity contribution < 1.29 is 14.3 Å². The second kappa shape index (κ2) is 5.74. The molecule has 0 radical (unpaired) electrons. The van der Waals surface area contributed by atoms with Crippen molar-refractivity contribution in [3.05, 3.63) is 28.2 Å². The molecule has 1 saturated heterocycles. The lowest BCUT2D eigenvalue weighted by Crippen LogP contribution is -2.57. The molecule has 0 saturated carbocycles. The van der Waals surface area contributed by atoms with Crippen LogP contribution in [-0.2, 0) is 4.74 Å². The van der Waals surface area contributed by atoms with Crippen molar-refractivity contribution in [3.8, 4) is 5.75 Å². The number of methoxy groups -OCH3 is 1. The highest BCUT2D eigenvalue weighted by Crippen LogP contribution is 2.29. The van der Waals surface area contributed by atoms with Gasteiger partial charge in [0, 0.05) is 12.1 Å². The molecular weight excluding hydrogens is 322 g/mol. The Kier molecular flexibility index (Phi) is 4.39. The monoisotopic (exact) mass is 341 g/mol. The van der Waals surface area contributed by atoms with Crippen LogP contribution in [0.25, 0.3) is 0 Å². The number of carbonyl (C=O) groups excluding carboxylic acids is 1. The summed E-state index contributed by atoms with van der Waals surface area (Å²) in [7, 11) is 1.61. The number of ether oxygens (including phenoxy) is 2. The standard InChI is InChI=1S/C15H20BrNO3/c1-10-8-17(15(2,3)9-20-10)14(18)11-5-6-13(19-4)12(16)7-11/h5-7,10H,8-9H2,1-4H3. The number of hydrogen-bond donors (Lipinski definition) is 0. The fourth-order valence-corrected chi connectivity index (χ4v) is 2.83. The van der Waals surface area contributed by atoms with Crippen LogP contribution < -0.4 is 4.74 Å². The Labute approximate surface area is 128 Å². The maximum Gasteiger partial charge on any atom is 0.254 e. The molecule has 5 heteroatoms. The average Bonchev–Trinajstić information content (AvgIpc) is 2.40. The highest BCUT2D eigenvalue weighted by Gasteiger charge is 2.37. The first-order chi connectivity index (χ1) is 9.35. The number of halogens is 1. The van der Waals surface area contributed by atoms with Gasteiger partial charge in [0.05, 0.1) is 29.8 Å². The van der Waals surface area contributed by atoms with Crippen LogP contribution in [0, 0.1) is 0 Å². The number of morpholine rings is 1. The Hall–Kier alpha value is -1.07. The summed E-state index contributed by atoms with van der Waals surface area (Å²) < 4.78 is 11.6. The molecule has 0 spiro atoms. The zero-order valence-electron chi connectivity index (χ0n) is 12.3.